The van der Waals surface area contributed by atoms with Gasteiger partial charge in [-0.25, -0.2) is 4.68 Å². The Balaban J connectivity index is 1.53. The lowest BCUT2D eigenvalue weighted by molar-refractivity contribution is 0.235. The molecule has 0 aliphatic carbocycles. The van der Waals surface area contributed by atoms with Crippen LogP contribution < -0.4 is 4.74 Å². The second-order valence-electron chi connectivity index (χ2n) is 7.55. The molecule has 1 saturated heterocycles. The molecular weight excluding hydrogens is 408 g/mol. The van der Waals surface area contributed by atoms with Gasteiger partial charge in [-0.1, -0.05) is 24.3 Å². The Bertz CT molecular complexity index is 1160. The van der Waals surface area contributed by atoms with E-state index < -0.39 is 0 Å². The van der Waals surface area contributed by atoms with Gasteiger partial charge in [0.05, 0.1) is 25.2 Å². The molecule has 0 radical (unpaired) electrons. The Hall–Kier alpha value is -2.97. The summed E-state index contributed by atoms with van der Waals surface area (Å²) in [5.41, 5.74) is 3.32. The summed E-state index contributed by atoms with van der Waals surface area (Å²) in [6.07, 6.45) is 1.83. The number of nitrogens with zero attached hydrogens (tertiary/aromatic N) is 6. The molecule has 8 heteroatoms. The maximum absolute atomic E-state index is 5.28. The zero-order valence-corrected chi connectivity index (χ0v) is 18.2. The van der Waals surface area contributed by atoms with Crippen LogP contribution in [0.4, 0.5) is 0 Å². The highest BCUT2D eigenvalue weighted by molar-refractivity contribution is 7.99. The van der Waals surface area contributed by atoms with Crippen LogP contribution in [0.15, 0.2) is 60.8 Å². The average molecular weight is 433 g/mol. The van der Waals surface area contributed by atoms with E-state index in [1.807, 2.05) is 40.8 Å². The van der Waals surface area contributed by atoms with Crippen molar-refractivity contribution in [3.8, 4) is 5.75 Å². The van der Waals surface area contributed by atoms with Crippen LogP contribution in [0, 0.1) is 0 Å². The summed E-state index contributed by atoms with van der Waals surface area (Å²) in [6, 6.07) is 18.6. The standard InChI is InChI=1S/C23H24N6OS/c1-30-20-7-4-17(5-8-20)16-29-23(25-26-27-29)22(28-11-13-31-14-12-28)19-6-9-21-18(15-19)3-2-10-24-21/h2-10,15,22H,11-14,16H2,1H3/t22-/m0/s1. The summed E-state index contributed by atoms with van der Waals surface area (Å²) in [5, 5.41) is 14.0. The van der Waals surface area contributed by atoms with E-state index in [1.165, 1.54) is 5.56 Å². The molecule has 4 aromatic rings. The first kappa shape index (κ1) is 20.0. The molecule has 0 amide bonds. The second kappa shape index (κ2) is 9.03. The Morgan fingerprint density at radius 3 is 2.71 bits per heavy atom. The number of aromatic nitrogens is 5. The molecule has 1 fully saturated rings. The summed E-state index contributed by atoms with van der Waals surface area (Å²) < 4.78 is 7.20. The lowest BCUT2D eigenvalue weighted by Crippen LogP contribution is -2.38. The van der Waals surface area contributed by atoms with Crippen LogP contribution in [-0.4, -0.2) is 61.8 Å². The third-order valence-corrected chi connectivity index (χ3v) is 6.59. The quantitative estimate of drug-likeness (QED) is 0.462. The van der Waals surface area contributed by atoms with Crippen molar-refractivity contribution in [2.24, 2.45) is 0 Å². The number of pyridine rings is 1. The van der Waals surface area contributed by atoms with Gasteiger partial charge in [-0.05, 0) is 51.9 Å². The van der Waals surface area contributed by atoms with Crippen LogP contribution in [-0.2, 0) is 6.54 Å². The summed E-state index contributed by atoms with van der Waals surface area (Å²) >= 11 is 2.00. The first-order valence-electron chi connectivity index (χ1n) is 10.4. The predicted molar refractivity (Wildman–Crippen MR) is 122 cm³/mol. The molecule has 3 heterocycles. The van der Waals surface area contributed by atoms with Crippen LogP contribution in [0.3, 0.4) is 0 Å². The van der Waals surface area contributed by atoms with Gasteiger partial charge in [-0.2, -0.15) is 11.8 Å². The number of methoxy groups -OCH3 is 1. The van der Waals surface area contributed by atoms with Gasteiger partial charge >= 0.3 is 0 Å². The highest BCUT2D eigenvalue weighted by Gasteiger charge is 2.29. The number of fused-ring (bicyclic) bond motifs is 1. The molecule has 0 N–H and O–H groups in total. The lowest BCUT2D eigenvalue weighted by Gasteiger charge is -2.33. The SMILES string of the molecule is COc1ccc(Cn2nnnc2[C@H](c2ccc3ncccc3c2)N2CCSCC2)cc1. The molecular formula is C23H24N6OS. The highest BCUT2D eigenvalue weighted by Crippen LogP contribution is 2.31. The highest BCUT2D eigenvalue weighted by atomic mass is 32.2. The van der Waals surface area contributed by atoms with Gasteiger partial charge in [0, 0.05) is 36.2 Å². The molecule has 1 aliphatic heterocycles. The average Bonchev–Trinajstić information content (AvgIpc) is 3.28. The molecule has 1 atom stereocenters. The fourth-order valence-corrected chi connectivity index (χ4v) is 4.98. The Kier molecular flexibility index (Phi) is 5.82. The predicted octanol–water partition coefficient (Wildman–Crippen LogP) is 3.42. The monoisotopic (exact) mass is 432 g/mol. The third-order valence-electron chi connectivity index (χ3n) is 5.65. The number of rotatable bonds is 6. The maximum atomic E-state index is 5.28. The van der Waals surface area contributed by atoms with Crippen LogP contribution >= 0.6 is 11.8 Å². The van der Waals surface area contributed by atoms with Crippen molar-refractivity contribution in [3.05, 3.63) is 77.7 Å². The first-order chi connectivity index (χ1) is 15.3. The minimum Gasteiger partial charge on any atom is -0.497 e. The van der Waals surface area contributed by atoms with E-state index in [-0.39, 0.29) is 6.04 Å². The number of ether oxygens (including phenoxy) is 1. The van der Waals surface area contributed by atoms with Crippen molar-refractivity contribution in [1.82, 2.24) is 30.1 Å². The normalized spacial score (nSPS) is 15.8. The van der Waals surface area contributed by atoms with Gasteiger partial charge in [0.1, 0.15) is 5.75 Å². The Morgan fingerprint density at radius 1 is 1.06 bits per heavy atom. The van der Waals surface area contributed by atoms with Crippen LogP contribution in [0.1, 0.15) is 23.0 Å². The van der Waals surface area contributed by atoms with E-state index in [0.717, 1.165) is 52.6 Å². The summed E-state index contributed by atoms with van der Waals surface area (Å²) in [7, 11) is 1.68. The van der Waals surface area contributed by atoms with Crippen LogP contribution in [0.2, 0.25) is 0 Å². The molecule has 158 valence electrons. The molecule has 2 aromatic heterocycles. The zero-order valence-electron chi connectivity index (χ0n) is 17.4. The van der Waals surface area contributed by atoms with E-state index in [2.05, 4.69) is 61.8 Å². The molecule has 5 rings (SSSR count). The van der Waals surface area contributed by atoms with Gasteiger partial charge in [-0.3, -0.25) is 9.88 Å². The second-order valence-corrected chi connectivity index (χ2v) is 8.77. The van der Waals surface area contributed by atoms with Crippen molar-refractivity contribution in [3.63, 3.8) is 0 Å². The van der Waals surface area contributed by atoms with Crippen molar-refractivity contribution in [2.45, 2.75) is 12.6 Å². The van der Waals surface area contributed by atoms with Crippen molar-refractivity contribution in [2.75, 3.05) is 31.7 Å². The first-order valence-corrected chi connectivity index (χ1v) is 11.5. The number of benzene rings is 2. The molecule has 0 saturated carbocycles. The van der Waals surface area contributed by atoms with Crippen LogP contribution in [0.25, 0.3) is 10.9 Å². The topological polar surface area (TPSA) is 69.0 Å². The van der Waals surface area contributed by atoms with Crippen molar-refractivity contribution >= 4 is 22.7 Å². The van der Waals surface area contributed by atoms with Gasteiger partial charge < -0.3 is 4.74 Å². The van der Waals surface area contributed by atoms with E-state index in [1.54, 1.807) is 7.11 Å². The fourth-order valence-electron chi connectivity index (χ4n) is 4.05. The van der Waals surface area contributed by atoms with E-state index in [4.69, 9.17) is 4.74 Å². The van der Waals surface area contributed by atoms with Gasteiger partial charge in [-0.15, -0.1) is 5.10 Å². The smallest absolute Gasteiger partial charge is 0.173 e. The van der Waals surface area contributed by atoms with Gasteiger partial charge in [0.15, 0.2) is 5.82 Å². The Morgan fingerprint density at radius 2 is 1.90 bits per heavy atom. The third kappa shape index (κ3) is 4.26. The van der Waals surface area contributed by atoms with E-state index in [9.17, 15) is 0 Å². The summed E-state index contributed by atoms with van der Waals surface area (Å²) in [4.78, 5) is 6.96. The molecule has 0 bridgehead atoms. The minimum absolute atomic E-state index is 0.00115. The molecule has 2 aromatic carbocycles. The van der Waals surface area contributed by atoms with Crippen molar-refractivity contribution < 1.29 is 4.74 Å². The Labute approximate surface area is 185 Å². The summed E-state index contributed by atoms with van der Waals surface area (Å²) in [5.74, 6) is 3.94. The largest absolute Gasteiger partial charge is 0.497 e. The molecule has 31 heavy (non-hydrogen) atoms. The number of tetrazole rings is 1. The van der Waals surface area contributed by atoms with E-state index >= 15 is 0 Å². The van der Waals surface area contributed by atoms with Gasteiger partial charge in [0.2, 0.25) is 0 Å². The summed E-state index contributed by atoms with van der Waals surface area (Å²) in [6.45, 7) is 2.63. The molecule has 0 unspecified atom stereocenters. The maximum Gasteiger partial charge on any atom is 0.173 e. The van der Waals surface area contributed by atoms with Crippen LogP contribution in [0.5, 0.6) is 5.75 Å². The van der Waals surface area contributed by atoms with Gasteiger partial charge in [0.25, 0.3) is 0 Å². The zero-order chi connectivity index (χ0) is 21.0. The molecule has 7 nitrogen and oxygen atoms in total. The molecule has 1 aliphatic rings. The number of thioether (sulfide) groups is 1. The van der Waals surface area contributed by atoms with Crippen molar-refractivity contribution in [1.29, 1.82) is 0 Å². The van der Waals surface area contributed by atoms with E-state index in [0.29, 0.717) is 6.54 Å². The lowest BCUT2D eigenvalue weighted by atomic mass is 10.0. The molecule has 0 spiro atoms. The minimum atomic E-state index is -0.00115. The number of hydrogen-bond donors (Lipinski definition) is 0. The number of hydrogen-bond acceptors (Lipinski definition) is 7. The fraction of sp³-hybridized carbons (Fsp3) is 0.304.